The largest absolute Gasteiger partial charge is 0.497 e. The highest BCUT2D eigenvalue weighted by Crippen LogP contribution is 2.28. The fraction of sp³-hybridized carbons (Fsp3) is 0.241. The zero-order valence-corrected chi connectivity index (χ0v) is 23.5. The van der Waals surface area contributed by atoms with Gasteiger partial charge in [-0.3, -0.25) is 4.79 Å². The van der Waals surface area contributed by atoms with E-state index in [1.165, 1.54) is 8.99 Å². The van der Waals surface area contributed by atoms with E-state index in [9.17, 15) is 13.2 Å². The van der Waals surface area contributed by atoms with E-state index in [1.807, 2.05) is 47.4 Å². The first kappa shape index (κ1) is 27.7. The first-order chi connectivity index (χ1) is 19.3. The lowest BCUT2D eigenvalue weighted by Crippen LogP contribution is -2.49. The molecule has 0 N–H and O–H groups in total. The molecule has 3 aromatic carbocycles. The standard InChI is InChI=1S/C29H29ClN4O5S/c1-38-26-12-10-22(11-13-26)20-39-28-27(19-31-34(29(28)35)25-9-5-8-24(30)18-25)32-14-16-33(17-15-32)40(36,37)21-23-6-3-2-4-7-23/h2-13,18-19H,14-17,20-21H2,1H3. The number of benzene rings is 3. The Morgan fingerprint density at radius 1 is 0.900 bits per heavy atom. The second-order valence-corrected chi connectivity index (χ2v) is 11.7. The lowest BCUT2D eigenvalue weighted by molar-refractivity contribution is 0.297. The van der Waals surface area contributed by atoms with Gasteiger partial charge in [0.25, 0.3) is 0 Å². The molecule has 208 valence electrons. The van der Waals surface area contributed by atoms with Crippen LogP contribution in [0.15, 0.2) is 89.9 Å². The number of piperazine rings is 1. The van der Waals surface area contributed by atoms with Crippen molar-refractivity contribution in [2.24, 2.45) is 0 Å². The molecule has 2 heterocycles. The fourth-order valence-corrected chi connectivity index (χ4v) is 6.24. The average molecular weight is 581 g/mol. The number of rotatable bonds is 9. The summed E-state index contributed by atoms with van der Waals surface area (Å²) in [4.78, 5) is 15.6. The van der Waals surface area contributed by atoms with Crippen molar-refractivity contribution in [1.82, 2.24) is 14.1 Å². The summed E-state index contributed by atoms with van der Waals surface area (Å²) in [5.41, 5.74) is 2.18. The minimum atomic E-state index is -3.49. The zero-order chi connectivity index (χ0) is 28.1. The predicted octanol–water partition coefficient (Wildman–Crippen LogP) is 4.13. The molecule has 5 rings (SSSR count). The number of aromatic nitrogens is 2. The number of methoxy groups -OCH3 is 1. The van der Waals surface area contributed by atoms with Crippen LogP contribution in [0.3, 0.4) is 0 Å². The van der Waals surface area contributed by atoms with E-state index in [1.54, 1.807) is 49.7 Å². The van der Waals surface area contributed by atoms with Crippen LogP contribution < -0.4 is 19.9 Å². The normalized spacial score (nSPS) is 14.2. The molecule has 40 heavy (non-hydrogen) atoms. The summed E-state index contributed by atoms with van der Waals surface area (Å²) in [6.07, 6.45) is 1.58. The van der Waals surface area contributed by atoms with E-state index in [0.29, 0.717) is 29.5 Å². The number of halogens is 1. The van der Waals surface area contributed by atoms with Crippen molar-refractivity contribution in [3.8, 4) is 17.2 Å². The van der Waals surface area contributed by atoms with Gasteiger partial charge in [-0.1, -0.05) is 60.1 Å². The maximum Gasteiger partial charge on any atom is 0.316 e. The van der Waals surface area contributed by atoms with Gasteiger partial charge >= 0.3 is 5.56 Å². The Kier molecular flexibility index (Phi) is 8.39. The monoisotopic (exact) mass is 580 g/mol. The lowest BCUT2D eigenvalue weighted by Gasteiger charge is -2.35. The molecule has 0 spiro atoms. The molecule has 0 aliphatic carbocycles. The number of hydrogen-bond acceptors (Lipinski definition) is 7. The van der Waals surface area contributed by atoms with Crippen LogP contribution in [0.5, 0.6) is 11.5 Å². The van der Waals surface area contributed by atoms with E-state index in [2.05, 4.69) is 5.10 Å². The summed E-state index contributed by atoms with van der Waals surface area (Å²) < 4.78 is 40.2. The number of hydrogen-bond donors (Lipinski definition) is 0. The SMILES string of the molecule is COc1ccc(COc2c(N3CCN(S(=O)(=O)Cc4ccccc4)CC3)cnn(-c3cccc(Cl)c3)c2=O)cc1. The summed E-state index contributed by atoms with van der Waals surface area (Å²) >= 11 is 6.16. The molecule has 1 saturated heterocycles. The van der Waals surface area contributed by atoms with Crippen LogP contribution in [0.2, 0.25) is 5.02 Å². The molecule has 1 aromatic heterocycles. The highest BCUT2D eigenvalue weighted by atomic mass is 35.5. The Morgan fingerprint density at radius 3 is 2.30 bits per heavy atom. The minimum Gasteiger partial charge on any atom is -0.497 e. The van der Waals surface area contributed by atoms with Crippen LogP contribution >= 0.6 is 11.6 Å². The highest BCUT2D eigenvalue weighted by molar-refractivity contribution is 7.88. The Hall–Kier alpha value is -3.86. The van der Waals surface area contributed by atoms with Crippen molar-refractivity contribution in [2.75, 3.05) is 38.2 Å². The molecule has 0 radical (unpaired) electrons. The maximum atomic E-state index is 13.7. The maximum absolute atomic E-state index is 13.7. The third-order valence-corrected chi connectivity index (χ3v) is 8.76. The predicted molar refractivity (Wildman–Crippen MR) is 155 cm³/mol. The summed E-state index contributed by atoms with van der Waals surface area (Å²) in [6.45, 7) is 1.48. The van der Waals surface area contributed by atoms with Gasteiger partial charge < -0.3 is 14.4 Å². The van der Waals surface area contributed by atoms with Gasteiger partial charge in [-0.2, -0.15) is 14.1 Å². The molecule has 11 heteroatoms. The van der Waals surface area contributed by atoms with Gasteiger partial charge in [0.05, 0.1) is 24.7 Å². The average Bonchev–Trinajstić information content (AvgIpc) is 2.97. The fourth-order valence-electron chi connectivity index (χ4n) is 4.54. The molecule has 1 aliphatic rings. The second-order valence-electron chi connectivity index (χ2n) is 9.32. The van der Waals surface area contributed by atoms with E-state index >= 15 is 0 Å². The molecule has 0 bridgehead atoms. The van der Waals surface area contributed by atoms with Crippen molar-refractivity contribution in [3.63, 3.8) is 0 Å². The van der Waals surface area contributed by atoms with Crippen LogP contribution in [0.1, 0.15) is 11.1 Å². The summed E-state index contributed by atoms with van der Waals surface area (Å²) in [5, 5.41) is 4.88. The molecule has 9 nitrogen and oxygen atoms in total. The van der Waals surface area contributed by atoms with Gasteiger partial charge in [-0.25, -0.2) is 8.42 Å². The Labute approximate surface area is 238 Å². The van der Waals surface area contributed by atoms with Gasteiger partial charge in [0.1, 0.15) is 18.0 Å². The smallest absolute Gasteiger partial charge is 0.316 e. The first-order valence-corrected chi connectivity index (χ1v) is 14.7. The third-order valence-electron chi connectivity index (χ3n) is 6.67. The van der Waals surface area contributed by atoms with Crippen LogP contribution in [-0.2, 0) is 22.4 Å². The van der Waals surface area contributed by atoms with Crippen molar-refractivity contribution < 1.29 is 17.9 Å². The first-order valence-electron chi connectivity index (χ1n) is 12.7. The van der Waals surface area contributed by atoms with Crippen LogP contribution in [0.4, 0.5) is 5.69 Å². The minimum absolute atomic E-state index is 0.0543. The van der Waals surface area contributed by atoms with Gasteiger partial charge in [-0.15, -0.1) is 0 Å². The van der Waals surface area contributed by atoms with Crippen molar-refractivity contribution >= 4 is 27.3 Å². The highest BCUT2D eigenvalue weighted by Gasteiger charge is 2.29. The summed E-state index contributed by atoms with van der Waals surface area (Å²) in [5.74, 6) is 0.796. The zero-order valence-electron chi connectivity index (χ0n) is 21.9. The van der Waals surface area contributed by atoms with E-state index in [-0.39, 0.29) is 31.2 Å². The number of anilines is 1. The number of ether oxygens (including phenoxy) is 2. The Bertz CT molecular complexity index is 1620. The van der Waals surface area contributed by atoms with Crippen molar-refractivity contribution in [1.29, 1.82) is 0 Å². The van der Waals surface area contributed by atoms with E-state index < -0.39 is 15.6 Å². The third kappa shape index (κ3) is 6.30. The van der Waals surface area contributed by atoms with Gasteiger partial charge in [0.15, 0.2) is 0 Å². The molecular formula is C29H29ClN4O5S. The molecule has 1 fully saturated rings. The van der Waals surface area contributed by atoms with E-state index in [4.69, 9.17) is 21.1 Å². The Morgan fingerprint density at radius 2 is 1.62 bits per heavy atom. The Balaban J connectivity index is 1.39. The van der Waals surface area contributed by atoms with Crippen molar-refractivity contribution in [2.45, 2.75) is 12.4 Å². The molecule has 0 unspecified atom stereocenters. The lowest BCUT2D eigenvalue weighted by atomic mass is 10.2. The second kappa shape index (κ2) is 12.1. The summed E-state index contributed by atoms with van der Waals surface area (Å²) in [6, 6.07) is 23.4. The molecular weight excluding hydrogens is 552 g/mol. The van der Waals surface area contributed by atoms with Crippen molar-refractivity contribution in [3.05, 3.63) is 112 Å². The quantitative estimate of drug-likeness (QED) is 0.294. The van der Waals surface area contributed by atoms with Crippen LogP contribution in [0, 0.1) is 0 Å². The van der Waals surface area contributed by atoms with Gasteiger partial charge in [-0.05, 0) is 41.5 Å². The summed E-state index contributed by atoms with van der Waals surface area (Å²) in [7, 11) is -1.89. The molecule has 0 atom stereocenters. The molecule has 1 aliphatic heterocycles. The number of sulfonamides is 1. The van der Waals surface area contributed by atoms with Crippen LogP contribution in [0.25, 0.3) is 5.69 Å². The molecule has 0 amide bonds. The van der Waals surface area contributed by atoms with E-state index in [0.717, 1.165) is 16.9 Å². The van der Waals surface area contributed by atoms with Gasteiger partial charge in [0, 0.05) is 31.2 Å². The number of nitrogens with zero attached hydrogens (tertiary/aromatic N) is 4. The molecule has 0 saturated carbocycles. The van der Waals surface area contributed by atoms with Gasteiger partial charge in [0.2, 0.25) is 15.8 Å². The topological polar surface area (TPSA) is 94.0 Å². The molecule has 4 aromatic rings. The van der Waals surface area contributed by atoms with Crippen LogP contribution in [-0.4, -0.2) is 55.8 Å².